The van der Waals surface area contributed by atoms with Crippen molar-refractivity contribution in [2.24, 2.45) is 0 Å². The molecule has 0 aromatic heterocycles. The number of ether oxygens (including phenoxy) is 1. The molecule has 2 aromatic carbocycles. The largest absolute Gasteiger partial charge is 0.494 e. The molecule has 4 nitrogen and oxygen atoms in total. The average molecular weight is 364 g/mol. The Labute approximate surface area is 161 Å². The van der Waals surface area contributed by atoms with Gasteiger partial charge in [0.1, 0.15) is 5.75 Å². The third kappa shape index (κ3) is 6.26. The van der Waals surface area contributed by atoms with Crippen LogP contribution in [0.25, 0.3) is 6.08 Å². The molecule has 1 fully saturated rings. The van der Waals surface area contributed by atoms with Gasteiger partial charge < -0.3 is 10.1 Å². The summed E-state index contributed by atoms with van der Waals surface area (Å²) in [6.45, 7) is 5.97. The molecule has 1 amide bonds. The van der Waals surface area contributed by atoms with Crippen LogP contribution in [0.3, 0.4) is 0 Å². The van der Waals surface area contributed by atoms with Gasteiger partial charge in [-0.25, -0.2) is 0 Å². The molecule has 2 aromatic rings. The van der Waals surface area contributed by atoms with E-state index < -0.39 is 0 Å². The number of hydrogen-bond acceptors (Lipinski definition) is 3. The van der Waals surface area contributed by atoms with Crippen LogP contribution in [-0.4, -0.2) is 30.5 Å². The Bertz CT molecular complexity index is 745. The van der Waals surface area contributed by atoms with E-state index in [2.05, 4.69) is 22.3 Å². The molecule has 1 aliphatic rings. The van der Waals surface area contributed by atoms with E-state index in [-0.39, 0.29) is 5.91 Å². The van der Waals surface area contributed by atoms with Crippen LogP contribution in [0, 0.1) is 0 Å². The molecule has 0 saturated carbocycles. The van der Waals surface area contributed by atoms with Crippen LogP contribution < -0.4 is 10.1 Å². The molecule has 0 radical (unpaired) electrons. The summed E-state index contributed by atoms with van der Waals surface area (Å²) in [5, 5.41) is 2.91. The SMILES string of the molecule is CCOc1ccc(/C=C/C(=O)Nc2ccc(CN3CCCCC3)cc2)cc1. The first-order valence-corrected chi connectivity index (χ1v) is 9.76. The van der Waals surface area contributed by atoms with Crippen LogP contribution in [0.5, 0.6) is 5.75 Å². The van der Waals surface area contributed by atoms with E-state index in [1.54, 1.807) is 12.2 Å². The fourth-order valence-electron chi connectivity index (χ4n) is 3.27. The zero-order valence-corrected chi connectivity index (χ0v) is 16.0. The van der Waals surface area contributed by atoms with E-state index in [1.807, 2.05) is 43.3 Å². The maximum absolute atomic E-state index is 12.1. The minimum atomic E-state index is -0.132. The summed E-state index contributed by atoms with van der Waals surface area (Å²) in [5.41, 5.74) is 3.07. The molecular formula is C23H28N2O2. The molecule has 1 saturated heterocycles. The van der Waals surface area contributed by atoms with Crippen molar-refractivity contribution in [1.29, 1.82) is 0 Å². The van der Waals surface area contributed by atoms with Crippen molar-refractivity contribution in [2.45, 2.75) is 32.7 Å². The minimum Gasteiger partial charge on any atom is -0.494 e. The lowest BCUT2D eigenvalue weighted by molar-refractivity contribution is -0.111. The maximum atomic E-state index is 12.1. The van der Waals surface area contributed by atoms with Crippen LogP contribution in [0.15, 0.2) is 54.6 Å². The van der Waals surface area contributed by atoms with Gasteiger partial charge in [-0.05, 0) is 74.3 Å². The van der Waals surface area contributed by atoms with Gasteiger partial charge in [-0.2, -0.15) is 0 Å². The van der Waals surface area contributed by atoms with Crippen molar-refractivity contribution in [3.8, 4) is 5.75 Å². The number of rotatable bonds is 7. The van der Waals surface area contributed by atoms with Crippen molar-refractivity contribution in [2.75, 3.05) is 25.0 Å². The van der Waals surface area contributed by atoms with Gasteiger partial charge in [-0.15, -0.1) is 0 Å². The first-order valence-electron chi connectivity index (χ1n) is 9.76. The van der Waals surface area contributed by atoms with E-state index in [9.17, 15) is 4.79 Å². The number of likely N-dealkylation sites (tertiary alicyclic amines) is 1. The van der Waals surface area contributed by atoms with E-state index in [4.69, 9.17) is 4.74 Å². The topological polar surface area (TPSA) is 41.6 Å². The predicted octanol–water partition coefficient (Wildman–Crippen LogP) is 4.72. The zero-order chi connectivity index (χ0) is 18.9. The van der Waals surface area contributed by atoms with Crippen LogP contribution >= 0.6 is 0 Å². The Kier molecular flexibility index (Phi) is 7.05. The summed E-state index contributed by atoms with van der Waals surface area (Å²) in [6, 6.07) is 15.8. The van der Waals surface area contributed by atoms with Crippen LogP contribution in [0.2, 0.25) is 0 Å². The molecule has 142 valence electrons. The lowest BCUT2D eigenvalue weighted by atomic mass is 10.1. The molecule has 0 unspecified atom stereocenters. The first kappa shape index (κ1) is 19.2. The van der Waals surface area contributed by atoms with Crippen LogP contribution in [0.1, 0.15) is 37.3 Å². The number of carbonyl (C=O) groups is 1. The highest BCUT2D eigenvalue weighted by Crippen LogP contribution is 2.16. The minimum absolute atomic E-state index is 0.132. The van der Waals surface area contributed by atoms with Gasteiger partial charge in [0.2, 0.25) is 5.91 Å². The summed E-state index contributed by atoms with van der Waals surface area (Å²) in [4.78, 5) is 14.6. The molecule has 1 heterocycles. The molecule has 1 aliphatic heterocycles. The number of nitrogens with zero attached hydrogens (tertiary/aromatic N) is 1. The van der Waals surface area contributed by atoms with Gasteiger partial charge >= 0.3 is 0 Å². The van der Waals surface area contributed by atoms with Gasteiger partial charge in [-0.3, -0.25) is 9.69 Å². The monoisotopic (exact) mass is 364 g/mol. The van der Waals surface area contributed by atoms with E-state index in [0.29, 0.717) is 6.61 Å². The third-order valence-electron chi connectivity index (χ3n) is 4.69. The normalized spacial score (nSPS) is 15.0. The van der Waals surface area contributed by atoms with Crippen molar-refractivity contribution in [1.82, 2.24) is 4.90 Å². The zero-order valence-electron chi connectivity index (χ0n) is 16.0. The molecular weight excluding hydrogens is 336 g/mol. The Balaban J connectivity index is 1.49. The summed E-state index contributed by atoms with van der Waals surface area (Å²) in [7, 11) is 0. The number of piperidine rings is 1. The Morgan fingerprint density at radius 3 is 2.41 bits per heavy atom. The number of hydrogen-bond donors (Lipinski definition) is 1. The quantitative estimate of drug-likeness (QED) is 0.723. The van der Waals surface area contributed by atoms with E-state index >= 15 is 0 Å². The van der Waals surface area contributed by atoms with Crippen molar-refractivity contribution >= 4 is 17.7 Å². The summed E-state index contributed by atoms with van der Waals surface area (Å²) < 4.78 is 5.42. The molecule has 0 aliphatic carbocycles. The number of carbonyl (C=O) groups excluding carboxylic acids is 1. The number of nitrogens with one attached hydrogen (secondary N) is 1. The highest BCUT2D eigenvalue weighted by molar-refractivity contribution is 6.01. The van der Waals surface area contributed by atoms with Gasteiger partial charge in [0.25, 0.3) is 0 Å². The molecule has 0 bridgehead atoms. The van der Waals surface area contributed by atoms with Gasteiger partial charge in [-0.1, -0.05) is 30.7 Å². The fraction of sp³-hybridized carbons (Fsp3) is 0.348. The summed E-state index contributed by atoms with van der Waals surface area (Å²) in [5.74, 6) is 0.705. The highest BCUT2D eigenvalue weighted by atomic mass is 16.5. The number of benzene rings is 2. The standard InChI is InChI=1S/C23H28N2O2/c1-2-27-22-13-8-19(9-14-22)10-15-23(26)24-21-11-6-20(7-12-21)18-25-16-4-3-5-17-25/h6-15H,2-5,16-18H2,1H3,(H,24,26)/b15-10+. The highest BCUT2D eigenvalue weighted by Gasteiger charge is 2.10. The molecule has 3 rings (SSSR count). The van der Waals surface area contributed by atoms with Crippen molar-refractivity contribution in [3.05, 3.63) is 65.7 Å². The predicted molar refractivity (Wildman–Crippen MR) is 111 cm³/mol. The number of anilines is 1. The van der Waals surface area contributed by atoms with Crippen LogP contribution in [-0.2, 0) is 11.3 Å². The average Bonchev–Trinajstić information content (AvgIpc) is 2.70. The van der Waals surface area contributed by atoms with E-state index in [0.717, 1.165) is 23.5 Å². The molecule has 27 heavy (non-hydrogen) atoms. The lowest BCUT2D eigenvalue weighted by Crippen LogP contribution is -2.29. The smallest absolute Gasteiger partial charge is 0.248 e. The molecule has 0 atom stereocenters. The second kappa shape index (κ2) is 9.93. The van der Waals surface area contributed by atoms with Crippen LogP contribution in [0.4, 0.5) is 5.69 Å². The molecule has 4 heteroatoms. The van der Waals surface area contributed by atoms with Crippen molar-refractivity contribution < 1.29 is 9.53 Å². The third-order valence-corrected chi connectivity index (χ3v) is 4.69. The van der Waals surface area contributed by atoms with E-state index in [1.165, 1.54) is 37.9 Å². The number of amides is 1. The Morgan fingerprint density at radius 2 is 1.74 bits per heavy atom. The first-order chi connectivity index (χ1) is 13.2. The lowest BCUT2D eigenvalue weighted by Gasteiger charge is -2.26. The Hall–Kier alpha value is -2.59. The second-order valence-electron chi connectivity index (χ2n) is 6.86. The maximum Gasteiger partial charge on any atom is 0.248 e. The fourth-order valence-corrected chi connectivity index (χ4v) is 3.27. The van der Waals surface area contributed by atoms with Gasteiger partial charge in [0.15, 0.2) is 0 Å². The Morgan fingerprint density at radius 1 is 1.04 bits per heavy atom. The van der Waals surface area contributed by atoms with Gasteiger partial charge in [0.05, 0.1) is 6.61 Å². The summed E-state index contributed by atoms with van der Waals surface area (Å²) >= 11 is 0. The van der Waals surface area contributed by atoms with Gasteiger partial charge in [0, 0.05) is 18.3 Å². The molecule has 1 N–H and O–H groups in total. The van der Waals surface area contributed by atoms with Crippen molar-refractivity contribution in [3.63, 3.8) is 0 Å². The second-order valence-corrected chi connectivity index (χ2v) is 6.86. The molecule has 0 spiro atoms. The summed E-state index contributed by atoms with van der Waals surface area (Å²) in [6.07, 6.45) is 7.31.